The van der Waals surface area contributed by atoms with Crippen molar-refractivity contribution in [2.75, 3.05) is 0 Å². The monoisotopic (exact) mass is 432 g/mol. The Bertz CT molecular complexity index is 1480. The largest absolute Gasteiger partial charge is 0.291 e. The van der Waals surface area contributed by atoms with Crippen molar-refractivity contribution >= 4 is 24.4 Å². The Balaban J connectivity index is 1.57. The van der Waals surface area contributed by atoms with Gasteiger partial charge in [-0.3, -0.25) is 4.57 Å². The van der Waals surface area contributed by atoms with Crippen LogP contribution in [-0.2, 0) is 6.42 Å². The fourth-order valence-corrected chi connectivity index (χ4v) is 5.94. The van der Waals surface area contributed by atoms with Gasteiger partial charge in [0.15, 0.2) is 0 Å². The van der Waals surface area contributed by atoms with Gasteiger partial charge in [-0.25, -0.2) is 4.98 Å². The van der Waals surface area contributed by atoms with Crippen LogP contribution in [0.3, 0.4) is 0 Å². The van der Waals surface area contributed by atoms with Crippen molar-refractivity contribution in [3.05, 3.63) is 90.1 Å². The Hall–Kier alpha value is -3.57. The topological polar surface area (TPSA) is 43.6 Å². The molecule has 0 atom stereocenters. The lowest BCUT2D eigenvalue weighted by molar-refractivity contribution is 1.06. The van der Waals surface area contributed by atoms with Gasteiger partial charge in [0.05, 0.1) is 19.8 Å². The molecule has 0 spiro atoms. The summed E-state index contributed by atoms with van der Waals surface area (Å²) in [7, 11) is -1.36. The molecule has 4 nitrogen and oxygen atoms in total. The molecule has 0 saturated carbocycles. The number of fused-ring (bicyclic) bond motifs is 4. The predicted octanol–water partition coefficient (Wildman–Crippen LogP) is 5.60. The number of nitrogens with zero attached hydrogens (tertiary/aromatic N) is 4. The summed E-state index contributed by atoms with van der Waals surface area (Å²) in [5, 5.41) is 9.89. The molecule has 0 unspecified atom stereocenters. The molecule has 5 aromatic rings. The van der Waals surface area contributed by atoms with E-state index in [-0.39, 0.29) is 0 Å². The molecule has 3 aromatic carbocycles. The first kappa shape index (κ1) is 19.1. The average Bonchev–Trinajstić information content (AvgIpc) is 3.37. The van der Waals surface area contributed by atoms with E-state index in [0.29, 0.717) is 5.65 Å². The van der Waals surface area contributed by atoms with E-state index in [1.165, 1.54) is 27.4 Å². The van der Waals surface area contributed by atoms with Crippen LogP contribution in [0.2, 0.25) is 19.6 Å². The fraction of sp³-hybridized carbons (Fsp3) is 0.148. The van der Waals surface area contributed by atoms with Gasteiger partial charge in [-0.15, -0.1) is 5.10 Å². The summed E-state index contributed by atoms with van der Waals surface area (Å²) < 4.78 is 2.20. The van der Waals surface area contributed by atoms with Gasteiger partial charge in [-0.05, 0) is 46.9 Å². The van der Waals surface area contributed by atoms with Crippen molar-refractivity contribution in [3.63, 3.8) is 0 Å². The maximum Gasteiger partial charge on any atom is 0.200 e. The van der Waals surface area contributed by atoms with Crippen molar-refractivity contribution in [2.24, 2.45) is 0 Å². The number of benzene rings is 3. The van der Waals surface area contributed by atoms with Gasteiger partial charge in [0.2, 0.25) is 5.65 Å². The van der Waals surface area contributed by atoms with Crippen LogP contribution in [0, 0.1) is 0 Å². The van der Waals surface area contributed by atoms with Crippen molar-refractivity contribution in [2.45, 2.75) is 26.1 Å². The lowest BCUT2D eigenvalue weighted by Gasteiger charge is -2.17. The van der Waals surface area contributed by atoms with E-state index < -0.39 is 8.07 Å². The summed E-state index contributed by atoms with van der Waals surface area (Å²) in [6.07, 6.45) is 2.67. The third kappa shape index (κ3) is 2.93. The number of aromatic nitrogens is 4. The highest BCUT2D eigenvalue weighted by Gasteiger charge is 2.27. The standard InChI is InChI=1S/C27H24N4Si/c1-32(2,3)20-12-13-21-18(16-20)17-24-22(21)10-7-11-23(24)27-29-26-25(14-15-28-30-26)31(27)19-8-5-4-6-9-19/h4-16H,17H2,1-3H3. The molecule has 2 heterocycles. The summed E-state index contributed by atoms with van der Waals surface area (Å²) >= 11 is 0. The molecule has 5 heteroatoms. The zero-order chi connectivity index (χ0) is 21.9. The Labute approximate surface area is 188 Å². The summed E-state index contributed by atoms with van der Waals surface area (Å²) in [5.41, 5.74) is 9.31. The predicted molar refractivity (Wildman–Crippen MR) is 133 cm³/mol. The second kappa shape index (κ2) is 6.97. The van der Waals surface area contributed by atoms with E-state index in [1.54, 1.807) is 6.20 Å². The SMILES string of the molecule is C[Si](C)(C)c1ccc2c(c1)Cc1c-2cccc1-c1nc2nnccc2n1-c1ccccc1. The average molecular weight is 433 g/mol. The summed E-state index contributed by atoms with van der Waals surface area (Å²) in [6, 6.07) is 26.1. The Morgan fingerprint density at radius 3 is 2.44 bits per heavy atom. The molecular formula is C27H24N4Si. The van der Waals surface area contributed by atoms with Crippen molar-refractivity contribution < 1.29 is 0 Å². The maximum absolute atomic E-state index is 4.95. The summed E-state index contributed by atoms with van der Waals surface area (Å²) in [6.45, 7) is 7.22. The molecule has 32 heavy (non-hydrogen) atoms. The molecule has 0 N–H and O–H groups in total. The van der Waals surface area contributed by atoms with Crippen LogP contribution in [0.5, 0.6) is 0 Å². The highest BCUT2D eigenvalue weighted by molar-refractivity contribution is 6.88. The number of imidazole rings is 1. The summed E-state index contributed by atoms with van der Waals surface area (Å²) in [4.78, 5) is 4.95. The van der Waals surface area contributed by atoms with Crippen LogP contribution >= 0.6 is 0 Å². The highest BCUT2D eigenvalue weighted by atomic mass is 28.3. The molecule has 156 valence electrons. The van der Waals surface area contributed by atoms with E-state index in [9.17, 15) is 0 Å². The van der Waals surface area contributed by atoms with Crippen LogP contribution < -0.4 is 5.19 Å². The molecule has 0 amide bonds. The van der Waals surface area contributed by atoms with Gasteiger partial charge < -0.3 is 0 Å². The van der Waals surface area contributed by atoms with Crippen LogP contribution in [0.25, 0.3) is 39.4 Å². The number of hydrogen-bond acceptors (Lipinski definition) is 3. The zero-order valence-corrected chi connectivity index (χ0v) is 19.5. The molecule has 1 aliphatic rings. The van der Waals surface area contributed by atoms with E-state index in [1.807, 2.05) is 12.1 Å². The van der Waals surface area contributed by atoms with Crippen LogP contribution in [0.1, 0.15) is 11.1 Å². The Morgan fingerprint density at radius 2 is 1.62 bits per heavy atom. The van der Waals surface area contributed by atoms with Gasteiger partial charge >= 0.3 is 0 Å². The summed E-state index contributed by atoms with van der Waals surface area (Å²) in [5.74, 6) is 0.918. The molecule has 2 aromatic heterocycles. The number of para-hydroxylation sites is 1. The van der Waals surface area contributed by atoms with E-state index in [0.717, 1.165) is 29.0 Å². The van der Waals surface area contributed by atoms with Gasteiger partial charge in [0.25, 0.3) is 0 Å². The first-order valence-corrected chi connectivity index (χ1v) is 14.5. The Kier molecular flexibility index (Phi) is 4.17. The molecule has 0 saturated heterocycles. The van der Waals surface area contributed by atoms with Crippen molar-refractivity contribution in [1.29, 1.82) is 0 Å². The third-order valence-electron chi connectivity index (χ3n) is 6.41. The number of hydrogen-bond donors (Lipinski definition) is 0. The minimum Gasteiger partial charge on any atom is -0.291 e. The quantitative estimate of drug-likeness (QED) is 0.342. The molecule has 1 aliphatic carbocycles. The zero-order valence-electron chi connectivity index (χ0n) is 18.5. The van der Waals surface area contributed by atoms with Gasteiger partial charge in [-0.1, -0.05) is 79.4 Å². The van der Waals surface area contributed by atoms with Crippen LogP contribution in [0.4, 0.5) is 0 Å². The first-order chi connectivity index (χ1) is 15.5. The van der Waals surface area contributed by atoms with E-state index >= 15 is 0 Å². The molecule has 6 rings (SSSR count). The molecule has 0 bridgehead atoms. The van der Waals surface area contributed by atoms with E-state index in [2.05, 4.69) is 95.1 Å². The number of rotatable bonds is 3. The van der Waals surface area contributed by atoms with Crippen molar-refractivity contribution in [1.82, 2.24) is 19.7 Å². The molecule has 0 radical (unpaired) electrons. The normalized spacial score (nSPS) is 12.7. The van der Waals surface area contributed by atoms with E-state index in [4.69, 9.17) is 4.98 Å². The van der Waals surface area contributed by atoms with Crippen LogP contribution in [0.15, 0.2) is 79.0 Å². The lowest BCUT2D eigenvalue weighted by Crippen LogP contribution is -2.37. The fourth-order valence-electron chi connectivity index (χ4n) is 4.75. The second-order valence-corrected chi connectivity index (χ2v) is 14.6. The Morgan fingerprint density at radius 1 is 0.812 bits per heavy atom. The minimum absolute atomic E-state index is 0.667. The van der Waals surface area contributed by atoms with Gasteiger partial charge in [0, 0.05) is 11.3 Å². The lowest BCUT2D eigenvalue weighted by atomic mass is 10.0. The second-order valence-electron chi connectivity index (χ2n) is 9.48. The molecule has 0 fully saturated rings. The highest BCUT2D eigenvalue weighted by Crippen LogP contribution is 2.42. The van der Waals surface area contributed by atoms with Crippen LogP contribution in [-0.4, -0.2) is 27.8 Å². The molecular weight excluding hydrogens is 408 g/mol. The van der Waals surface area contributed by atoms with Gasteiger partial charge in [-0.2, -0.15) is 5.10 Å². The first-order valence-electron chi connectivity index (χ1n) is 11.0. The van der Waals surface area contributed by atoms with Crippen molar-refractivity contribution in [3.8, 4) is 28.2 Å². The van der Waals surface area contributed by atoms with Gasteiger partial charge in [0.1, 0.15) is 5.82 Å². The smallest absolute Gasteiger partial charge is 0.200 e. The third-order valence-corrected chi connectivity index (χ3v) is 8.45. The maximum atomic E-state index is 4.95. The minimum atomic E-state index is -1.36. The molecule has 0 aliphatic heterocycles.